The third-order valence-corrected chi connectivity index (χ3v) is 4.20. The van der Waals surface area contributed by atoms with E-state index in [9.17, 15) is 4.79 Å². The highest BCUT2D eigenvalue weighted by Crippen LogP contribution is 2.29. The summed E-state index contributed by atoms with van der Waals surface area (Å²) in [7, 11) is 1.56. The number of rotatable bonds is 7. The fourth-order valence-electron chi connectivity index (χ4n) is 2.52. The van der Waals surface area contributed by atoms with E-state index in [1.807, 2.05) is 30.3 Å². The standard InChI is InChI=1S/C22H18ClNO4/c1-27-21-12-15(13-24-19-8-6-18(23)7-9-19)5-10-20(21)28-14-16-3-2-4-17(11-16)22(25)26/h2-13H,14H2,1H3,(H,25,26). The Morgan fingerprint density at radius 3 is 2.57 bits per heavy atom. The molecule has 0 radical (unpaired) electrons. The van der Waals surface area contributed by atoms with Gasteiger partial charge in [0.1, 0.15) is 6.61 Å². The Bertz CT molecular complexity index is 1000. The van der Waals surface area contributed by atoms with E-state index in [2.05, 4.69) is 4.99 Å². The van der Waals surface area contributed by atoms with Crippen LogP contribution in [-0.4, -0.2) is 24.4 Å². The summed E-state index contributed by atoms with van der Waals surface area (Å²) in [6, 6.07) is 19.3. The van der Waals surface area contributed by atoms with Gasteiger partial charge in [0.05, 0.1) is 18.4 Å². The molecule has 3 rings (SSSR count). The van der Waals surface area contributed by atoms with Gasteiger partial charge in [0.2, 0.25) is 0 Å². The third kappa shape index (κ3) is 5.11. The van der Waals surface area contributed by atoms with Gasteiger partial charge in [-0.1, -0.05) is 23.7 Å². The predicted molar refractivity (Wildman–Crippen MR) is 109 cm³/mol. The van der Waals surface area contributed by atoms with E-state index < -0.39 is 5.97 Å². The summed E-state index contributed by atoms with van der Waals surface area (Å²) in [4.78, 5) is 15.5. The summed E-state index contributed by atoms with van der Waals surface area (Å²) in [5.74, 6) is 0.157. The molecule has 5 nitrogen and oxygen atoms in total. The second kappa shape index (κ2) is 9.06. The minimum Gasteiger partial charge on any atom is -0.493 e. The summed E-state index contributed by atoms with van der Waals surface area (Å²) >= 11 is 5.87. The number of carboxylic acids is 1. The lowest BCUT2D eigenvalue weighted by molar-refractivity contribution is 0.0696. The Kier molecular flexibility index (Phi) is 6.29. The van der Waals surface area contributed by atoms with Crippen LogP contribution in [0.15, 0.2) is 71.7 Å². The van der Waals surface area contributed by atoms with Crippen LogP contribution in [-0.2, 0) is 6.61 Å². The van der Waals surface area contributed by atoms with Crippen molar-refractivity contribution in [2.24, 2.45) is 4.99 Å². The highest BCUT2D eigenvalue weighted by molar-refractivity contribution is 6.30. The number of methoxy groups -OCH3 is 1. The first-order chi connectivity index (χ1) is 13.5. The van der Waals surface area contributed by atoms with Crippen LogP contribution in [0.2, 0.25) is 5.02 Å². The van der Waals surface area contributed by atoms with Crippen LogP contribution in [0.5, 0.6) is 11.5 Å². The van der Waals surface area contributed by atoms with E-state index in [4.69, 9.17) is 26.2 Å². The molecule has 0 saturated carbocycles. The van der Waals surface area contributed by atoms with Crippen LogP contribution in [0.1, 0.15) is 21.5 Å². The first-order valence-corrected chi connectivity index (χ1v) is 8.85. The molecule has 0 fully saturated rings. The zero-order chi connectivity index (χ0) is 19.9. The molecule has 3 aromatic rings. The predicted octanol–water partition coefficient (Wildman–Crippen LogP) is 5.38. The molecule has 0 saturated heterocycles. The first kappa shape index (κ1) is 19.5. The number of benzene rings is 3. The monoisotopic (exact) mass is 395 g/mol. The van der Waals surface area contributed by atoms with Crippen molar-refractivity contribution in [2.75, 3.05) is 7.11 Å². The Labute approximate surface area is 167 Å². The van der Waals surface area contributed by atoms with Crippen LogP contribution >= 0.6 is 11.6 Å². The minimum atomic E-state index is -0.969. The lowest BCUT2D eigenvalue weighted by Gasteiger charge is -2.11. The number of halogens is 1. The van der Waals surface area contributed by atoms with Crippen molar-refractivity contribution < 1.29 is 19.4 Å². The normalized spacial score (nSPS) is 10.8. The van der Waals surface area contributed by atoms with E-state index in [1.54, 1.807) is 49.7 Å². The molecule has 0 unspecified atom stereocenters. The summed E-state index contributed by atoms with van der Waals surface area (Å²) in [6.07, 6.45) is 1.73. The number of aliphatic imine (C=N–C) groups is 1. The molecule has 0 aromatic heterocycles. The number of carboxylic acid groups (broad SMARTS) is 1. The second-order valence-electron chi connectivity index (χ2n) is 5.94. The maximum Gasteiger partial charge on any atom is 0.335 e. The van der Waals surface area contributed by atoms with E-state index in [0.717, 1.165) is 16.8 Å². The summed E-state index contributed by atoms with van der Waals surface area (Å²) in [6.45, 7) is 0.232. The number of ether oxygens (including phenoxy) is 2. The van der Waals surface area contributed by atoms with Gasteiger partial charge in [0.25, 0.3) is 0 Å². The number of nitrogens with zero attached hydrogens (tertiary/aromatic N) is 1. The van der Waals surface area contributed by atoms with E-state index in [-0.39, 0.29) is 12.2 Å². The smallest absolute Gasteiger partial charge is 0.335 e. The number of carbonyl (C=O) groups is 1. The molecule has 1 N–H and O–H groups in total. The third-order valence-electron chi connectivity index (χ3n) is 3.95. The maximum absolute atomic E-state index is 11.1. The molecule has 0 aliphatic rings. The fraction of sp³-hybridized carbons (Fsp3) is 0.0909. The molecule has 0 heterocycles. The van der Waals surface area contributed by atoms with E-state index in [0.29, 0.717) is 16.5 Å². The molecule has 28 heavy (non-hydrogen) atoms. The summed E-state index contributed by atoms with van der Waals surface area (Å²) < 4.78 is 11.2. The summed E-state index contributed by atoms with van der Waals surface area (Å²) in [5.41, 5.74) is 2.63. The SMILES string of the molecule is COc1cc(C=Nc2ccc(Cl)cc2)ccc1OCc1cccc(C(=O)O)c1. The molecule has 0 atom stereocenters. The molecular formula is C22H18ClNO4. The van der Waals surface area contributed by atoms with Gasteiger partial charge in [-0.2, -0.15) is 0 Å². The van der Waals surface area contributed by atoms with Gasteiger partial charge in [-0.25, -0.2) is 4.79 Å². The molecule has 0 spiro atoms. The average Bonchev–Trinajstić information content (AvgIpc) is 2.72. The maximum atomic E-state index is 11.1. The van der Waals surface area contributed by atoms with Crippen LogP contribution in [0.3, 0.4) is 0 Å². The molecule has 142 valence electrons. The average molecular weight is 396 g/mol. The van der Waals surface area contributed by atoms with Crippen LogP contribution in [0.25, 0.3) is 0 Å². The lowest BCUT2D eigenvalue weighted by Crippen LogP contribution is -2.01. The van der Waals surface area contributed by atoms with Gasteiger partial charge in [-0.05, 0) is 65.7 Å². The van der Waals surface area contributed by atoms with Gasteiger partial charge in [0, 0.05) is 11.2 Å². The van der Waals surface area contributed by atoms with Crippen molar-refractivity contribution in [3.63, 3.8) is 0 Å². The largest absolute Gasteiger partial charge is 0.493 e. The quantitative estimate of drug-likeness (QED) is 0.545. The van der Waals surface area contributed by atoms with E-state index in [1.165, 1.54) is 0 Å². The topological polar surface area (TPSA) is 68.1 Å². The van der Waals surface area contributed by atoms with Crippen molar-refractivity contribution in [1.82, 2.24) is 0 Å². The molecule has 0 aliphatic carbocycles. The number of aromatic carboxylic acids is 1. The lowest BCUT2D eigenvalue weighted by atomic mass is 10.1. The molecule has 3 aromatic carbocycles. The summed E-state index contributed by atoms with van der Waals surface area (Å²) in [5, 5.41) is 9.74. The molecule has 0 aliphatic heterocycles. The van der Waals surface area contributed by atoms with Gasteiger partial charge in [0.15, 0.2) is 11.5 Å². The zero-order valence-electron chi connectivity index (χ0n) is 15.1. The van der Waals surface area contributed by atoms with Gasteiger partial charge in [-0.3, -0.25) is 4.99 Å². The molecule has 6 heteroatoms. The van der Waals surface area contributed by atoms with Crippen molar-refractivity contribution >= 4 is 29.5 Å². The van der Waals surface area contributed by atoms with Gasteiger partial charge < -0.3 is 14.6 Å². The molecule has 0 bridgehead atoms. The van der Waals surface area contributed by atoms with Gasteiger partial charge >= 0.3 is 5.97 Å². The molecule has 0 amide bonds. The zero-order valence-corrected chi connectivity index (χ0v) is 15.9. The van der Waals surface area contributed by atoms with Crippen molar-refractivity contribution in [2.45, 2.75) is 6.61 Å². The molecular weight excluding hydrogens is 378 g/mol. The first-order valence-electron chi connectivity index (χ1n) is 8.48. The minimum absolute atomic E-state index is 0.224. The highest BCUT2D eigenvalue weighted by atomic mass is 35.5. The van der Waals surface area contributed by atoms with Crippen molar-refractivity contribution in [3.8, 4) is 11.5 Å². The van der Waals surface area contributed by atoms with Crippen molar-refractivity contribution in [1.29, 1.82) is 0 Å². The Hall–Kier alpha value is -3.31. The fourth-order valence-corrected chi connectivity index (χ4v) is 2.64. The van der Waals surface area contributed by atoms with Crippen molar-refractivity contribution in [3.05, 3.63) is 88.4 Å². The van der Waals surface area contributed by atoms with Crippen LogP contribution in [0, 0.1) is 0 Å². The highest BCUT2D eigenvalue weighted by Gasteiger charge is 2.07. The van der Waals surface area contributed by atoms with E-state index >= 15 is 0 Å². The second-order valence-corrected chi connectivity index (χ2v) is 6.38. The van der Waals surface area contributed by atoms with Gasteiger partial charge in [-0.15, -0.1) is 0 Å². The van der Waals surface area contributed by atoms with Crippen LogP contribution in [0.4, 0.5) is 5.69 Å². The van der Waals surface area contributed by atoms with Crippen LogP contribution < -0.4 is 9.47 Å². The number of hydrogen-bond acceptors (Lipinski definition) is 4. The Balaban J connectivity index is 1.71. The number of hydrogen-bond donors (Lipinski definition) is 1. The Morgan fingerprint density at radius 2 is 1.86 bits per heavy atom. The Morgan fingerprint density at radius 1 is 1.07 bits per heavy atom.